The van der Waals surface area contributed by atoms with Crippen LogP contribution in [0, 0.1) is 0 Å². The van der Waals surface area contributed by atoms with Gasteiger partial charge in [0, 0.05) is 17.6 Å². The van der Waals surface area contributed by atoms with E-state index in [1.807, 2.05) is 19.1 Å². The molecule has 1 N–H and O–H groups in total. The second kappa shape index (κ2) is 4.67. The topological polar surface area (TPSA) is 21.3 Å². The van der Waals surface area contributed by atoms with Gasteiger partial charge >= 0.3 is 0 Å². The van der Waals surface area contributed by atoms with Crippen LogP contribution in [0.15, 0.2) is 24.3 Å². The van der Waals surface area contributed by atoms with Gasteiger partial charge in [-0.2, -0.15) is 0 Å². The van der Waals surface area contributed by atoms with E-state index in [0.717, 1.165) is 18.4 Å². The summed E-state index contributed by atoms with van der Waals surface area (Å²) in [6.07, 6.45) is 2.64. The Morgan fingerprint density at radius 3 is 2.80 bits per heavy atom. The first kappa shape index (κ1) is 10.5. The highest BCUT2D eigenvalue weighted by Crippen LogP contribution is 2.28. The van der Waals surface area contributed by atoms with Gasteiger partial charge in [0.15, 0.2) is 0 Å². The number of ether oxygens (including phenoxy) is 1. The van der Waals surface area contributed by atoms with Crippen LogP contribution in [0.25, 0.3) is 0 Å². The van der Waals surface area contributed by atoms with Gasteiger partial charge < -0.3 is 10.1 Å². The molecular weight excluding hydrogens is 186 g/mol. The summed E-state index contributed by atoms with van der Waals surface area (Å²) < 4.78 is 5.62. The van der Waals surface area contributed by atoms with Gasteiger partial charge in [-0.1, -0.05) is 18.2 Å². The van der Waals surface area contributed by atoms with E-state index < -0.39 is 0 Å². The first-order valence-electron chi connectivity index (χ1n) is 5.79. The molecule has 1 aromatic rings. The molecular formula is C13H19NO. The first-order valence-corrected chi connectivity index (χ1v) is 5.79. The molecule has 1 fully saturated rings. The van der Waals surface area contributed by atoms with Crippen molar-refractivity contribution in [1.82, 2.24) is 5.32 Å². The number of nitrogens with one attached hydrogen (secondary N) is 1. The lowest BCUT2D eigenvalue weighted by Crippen LogP contribution is -2.21. The van der Waals surface area contributed by atoms with E-state index in [1.165, 1.54) is 18.4 Å². The fourth-order valence-corrected chi connectivity index (χ4v) is 1.82. The maximum absolute atomic E-state index is 5.62. The van der Waals surface area contributed by atoms with Crippen molar-refractivity contribution in [2.45, 2.75) is 38.8 Å². The summed E-state index contributed by atoms with van der Waals surface area (Å²) in [5.74, 6) is 1.01. The number of hydrogen-bond donors (Lipinski definition) is 1. The molecule has 0 aliphatic heterocycles. The Morgan fingerprint density at radius 1 is 1.40 bits per heavy atom. The van der Waals surface area contributed by atoms with Gasteiger partial charge in [0.05, 0.1) is 6.61 Å². The molecule has 1 unspecified atom stereocenters. The van der Waals surface area contributed by atoms with Crippen molar-refractivity contribution in [3.8, 4) is 5.75 Å². The lowest BCUT2D eigenvalue weighted by Gasteiger charge is -2.17. The molecule has 1 saturated carbocycles. The smallest absolute Gasteiger partial charge is 0.124 e. The van der Waals surface area contributed by atoms with Gasteiger partial charge in [0.1, 0.15) is 5.75 Å². The standard InChI is InChI=1S/C13H19NO/c1-3-15-13-7-5-4-6-12(13)10(2)14-11-8-9-11/h4-7,10-11,14H,3,8-9H2,1-2H3. The van der Waals surface area contributed by atoms with Crippen molar-refractivity contribution >= 4 is 0 Å². The minimum absolute atomic E-state index is 0.389. The molecule has 1 aliphatic rings. The van der Waals surface area contributed by atoms with Gasteiger partial charge in [0.25, 0.3) is 0 Å². The molecule has 0 saturated heterocycles. The van der Waals surface area contributed by atoms with Crippen LogP contribution in [0.2, 0.25) is 0 Å². The number of rotatable bonds is 5. The van der Waals surface area contributed by atoms with Crippen molar-refractivity contribution < 1.29 is 4.74 Å². The quantitative estimate of drug-likeness (QED) is 0.798. The van der Waals surface area contributed by atoms with Crippen LogP contribution in [0.4, 0.5) is 0 Å². The van der Waals surface area contributed by atoms with Crippen LogP contribution >= 0.6 is 0 Å². The van der Waals surface area contributed by atoms with Crippen LogP contribution in [0.1, 0.15) is 38.3 Å². The lowest BCUT2D eigenvalue weighted by molar-refractivity contribution is 0.332. The number of benzene rings is 1. The molecule has 0 radical (unpaired) electrons. The average Bonchev–Trinajstić information content (AvgIpc) is 3.03. The van der Waals surface area contributed by atoms with Crippen LogP contribution in [0.3, 0.4) is 0 Å². The predicted octanol–water partition coefficient (Wildman–Crippen LogP) is 2.90. The van der Waals surface area contributed by atoms with Crippen LogP contribution in [0.5, 0.6) is 5.75 Å². The third-order valence-electron chi connectivity index (χ3n) is 2.75. The third kappa shape index (κ3) is 2.72. The molecule has 1 aliphatic carbocycles. The molecule has 1 aromatic carbocycles. The SMILES string of the molecule is CCOc1ccccc1C(C)NC1CC1. The summed E-state index contributed by atoms with van der Waals surface area (Å²) in [6, 6.07) is 9.41. The highest BCUT2D eigenvalue weighted by molar-refractivity contribution is 5.35. The van der Waals surface area contributed by atoms with Crippen LogP contribution in [-0.2, 0) is 0 Å². The molecule has 0 aromatic heterocycles. The molecule has 82 valence electrons. The lowest BCUT2D eigenvalue weighted by atomic mass is 10.1. The largest absolute Gasteiger partial charge is 0.494 e. The minimum atomic E-state index is 0.389. The molecule has 2 rings (SSSR count). The molecule has 0 amide bonds. The Morgan fingerprint density at radius 2 is 2.13 bits per heavy atom. The molecule has 2 nitrogen and oxygen atoms in total. The van der Waals surface area contributed by atoms with E-state index in [2.05, 4.69) is 24.4 Å². The highest BCUT2D eigenvalue weighted by Gasteiger charge is 2.24. The summed E-state index contributed by atoms with van der Waals surface area (Å²) in [6.45, 7) is 4.96. The van der Waals surface area contributed by atoms with E-state index in [4.69, 9.17) is 4.74 Å². The zero-order chi connectivity index (χ0) is 10.7. The highest BCUT2D eigenvalue weighted by atomic mass is 16.5. The zero-order valence-corrected chi connectivity index (χ0v) is 9.49. The number of hydrogen-bond acceptors (Lipinski definition) is 2. The zero-order valence-electron chi connectivity index (χ0n) is 9.49. The molecule has 0 heterocycles. The van der Waals surface area contributed by atoms with Crippen molar-refractivity contribution in [1.29, 1.82) is 0 Å². The van der Waals surface area contributed by atoms with Crippen molar-refractivity contribution in [2.24, 2.45) is 0 Å². The Bertz CT molecular complexity index is 320. The van der Waals surface area contributed by atoms with E-state index in [1.54, 1.807) is 0 Å². The first-order chi connectivity index (χ1) is 7.31. The summed E-state index contributed by atoms with van der Waals surface area (Å²) in [5, 5.41) is 3.59. The molecule has 0 bridgehead atoms. The van der Waals surface area contributed by atoms with E-state index in [-0.39, 0.29) is 0 Å². The van der Waals surface area contributed by atoms with Gasteiger partial charge in [-0.05, 0) is 32.8 Å². The van der Waals surface area contributed by atoms with Gasteiger partial charge in [0.2, 0.25) is 0 Å². The fourth-order valence-electron chi connectivity index (χ4n) is 1.82. The van der Waals surface area contributed by atoms with E-state index >= 15 is 0 Å². The Kier molecular flexibility index (Phi) is 3.27. The molecule has 2 heteroatoms. The van der Waals surface area contributed by atoms with Crippen LogP contribution < -0.4 is 10.1 Å². The fraction of sp³-hybridized carbons (Fsp3) is 0.538. The average molecular weight is 205 g/mol. The molecule has 1 atom stereocenters. The maximum atomic E-state index is 5.62. The maximum Gasteiger partial charge on any atom is 0.124 e. The predicted molar refractivity (Wildman–Crippen MR) is 62.2 cm³/mol. The van der Waals surface area contributed by atoms with Crippen molar-refractivity contribution in [2.75, 3.05) is 6.61 Å². The Labute approximate surface area is 91.6 Å². The van der Waals surface area contributed by atoms with Crippen LogP contribution in [-0.4, -0.2) is 12.6 Å². The summed E-state index contributed by atoms with van der Waals surface area (Å²) >= 11 is 0. The summed E-state index contributed by atoms with van der Waals surface area (Å²) in [4.78, 5) is 0. The minimum Gasteiger partial charge on any atom is -0.494 e. The monoisotopic (exact) mass is 205 g/mol. The van der Waals surface area contributed by atoms with Gasteiger partial charge in [-0.15, -0.1) is 0 Å². The van der Waals surface area contributed by atoms with E-state index in [0.29, 0.717) is 6.04 Å². The summed E-state index contributed by atoms with van der Waals surface area (Å²) in [7, 11) is 0. The Hall–Kier alpha value is -1.02. The molecule has 15 heavy (non-hydrogen) atoms. The second-order valence-electron chi connectivity index (χ2n) is 4.13. The van der Waals surface area contributed by atoms with E-state index in [9.17, 15) is 0 Å². The van der Waals surface area contributed by atoms with Gasteiger partial charge in [-0.3, -0.25) is 0 Å². The van der Waals surface area contributed by atoms with Gasteiger partial charge in [-0.25, -0.2) is 0 Å². The Balaban J connectivity index is 2.09. The second-order valence-corrected chi connectivity index (χ2v) is 4.13. The van der Waals surface area contributed by atoms with Crippen molar-refractivity contribution in [3.63, 3.8) is 0 Å². The van der Waals surface area contributed by atoms with Crippen molar-refractivity contribution in [3.05, 3.63) is 29.8 Å². The molecule has 0 spiro atoms. The normalized spacial score (nSPS) is 17.5. The number of para-hydroxylation sites is 1. The summed E-state index contributed by atoms with van der Waals surface area (Å²) in [5.41, 5.74) is 1.27. The third-order valence-corrected chi connectivity index (χ3v) is 2.75.